The lowest BCUT2D eigenvalue weighted by atomic mass is 10.4. The number of nitrogens with zero attached hydrogens (tertiary/aromatic N) is 4. The van der Waals surface area contributed by atoms with Gasteiger partial charge >= 0.3 is 0 Å². The first-order valence-corrected chi connectivity index (χ1v) is 10.8. The van der Waals surface area contributed by atoms with Crippen molar-refractivity contribution in [3.05, 3.63) is 42.6 Å². The van der Waals surface area contributed by atoms with Crippen molar-refractivity contribution in [2.45, 2.75) is 16.3 Å². The van der Waals surface area contributed by atoms with E-state index in [0.29, 0.717) is 6.42 Å². The molecule has 1 saturated heterocycles. The maximum absolute atomic E-state index is 13.4. The van der Waals surface area contributed by atoms with Gasteiger partial charge in [0, 0.05) is 39.4 Å². The van der Waals surface area contributed by atoms with Gasteiger partial charge in [-0.1, -0.05) is 6.07 Å². The van der Waals surface area contributed by atoms with Crippen LogP contribution >= 0.6 is 0 Å². The molecule has 1 fully saturated rings. The second kappa shape index (κ2) is 7.06. The molecule has 0 unspecified atom stereocenters. The van der Waals surface area contributed by atoms with Crippen LogP contribution in [0.1, 0.15) is 6.42 Å². The number of imidazole rings is 1. The Morgan fingerprint density at radius 1 is 1.00 bits per heavy atom. The molecule has 0 aliphatic carbocycles. The van der Waals surface area contributed by atoms with E-state index in [1.54, 1.807) is 7.05 Å². The molecule has 1 aliphatic rings. The number of aromatic nitrogens is 2. The van der Waals surface area contributed by atoms with Crippen LogP contribution in [0.15, 0.2) is 46.7 Å². The molecule has 0 atom stereocenters. The SMILES string of the molecule is Cn1cnc(S(=O)(=O)N2CCCN(S(=O)(=O)c3cccc(F)c3)CC2)c1. The average Bonchev–Trinajstić information content (AvgIpc) is 2.87. The third kappa shape index (κ3) is 3.65. The first-order chi connectivity index (χ1) is 12.2. The molecule has 0 bridgehead atoms. The molecular weight excluding hydrogens is 383 g/mol. The van der Waals surface area contributed by atoms with Gasteiger partial charge in [0.2, 0.25) is 10.0 Å². The zero-order valence-corrected chi connectivity index (χ0v) is 15.7. The second-order valence-corrected chi connectivity index (χ2v) is 9.82. The Morgan fingerprint density at radius 3 is 2.23 bits per heavy atom. The highest BCUT2D eigenvalue weighted by Gasteiger charge is 2.32. The van der Waals surface area contributed by atoms with E-state index in [4.69, 9.17) is 0 Å². The van der Waals surface area contributed by atoms with E-state index in [1.807, 2.05) is 0 Å². The summed E-state index contributed by atoms with van der Waals surface area (Å²) >= 11 is 0. The van der Waals surface area contributed by atoms with E-state index in [-0.39, 0.29) is 36.1 Å². The second-order valence-electron chi connectivity index (χ2n) is 6.00. The minimum Gasteiger partial charge on any atom is -0.339 e. The molecule has 0 spiro atoms. The van der Waals surface area contributed by atoms with Crippen molar-refractivity contribution in [3.63, 3.8) is 0 Å². The summed E-state index contributed by atoms with van der Waals surface area (Å²) in [4.78, 5) is 3.74. The fourth-order valence-corrected chi connectivity index (χ4v) is 5.72. The number of benzene rings is 1. The van der Waals surface area contributed by atoms with Crippen LogP contribution in [0.25, 0.3) is 0 Å². The maximum Gasteiger partial charge on any atom is 0.262 e. The van der Waals surface area contributed by atoms with Crippen molar-refractivity contribution in [2.75, 3.05) is 26.2 Å². The van der Waals surface area contributed by atoms with Gasteiger partial charge in [-0.2, -0.15) is 8.61 Å². The Morgan fingerprint density at radius 2 is 1.65 bits per heavy atom. The topological polar surface area (TPSA) is 92.6 Å². The highest BCUT2D eigenvalue weighted by Crippen LogP contribution is 2.21. The molecule has 0 saturated carbocycles. The number of hydrogen-bond donors (Lipinski definition) is 0. The van der Waals surface area contributed by atoms with Crippen LogP contribution in [0.3, 0.4) is 0 Å². The molecule has 1 aromatic carbocycles. The van der Waals surface area contributed by atoms with E-state index in [2.05, 4.69) is 4.98 Å². The average molecular weight is 402 g/mol. The summed E-state index contributed by atoms with van der Waals surface area (Å²) in [5, 5.41) is -0.0681. The molecule has 1 aliphatic heterocycles. The summed E-state index contributed by atoms with van der Waals surface area (Å²) in [6, 6.07) is 4.79. The molecule has 11 heteroatoms. The van der Waals surface area contributed by atoms with Gasteiger partial charge in [0.05, 0.1) is 11.2 Å². The summed E-state index contributed by atoms with van der Waals surface area (Å²) in [5.41, 5.74) is 0. The lowest BCUT2D eigenvalue weighted by molar-refractivity contribution is 0.403. The number of aryl methyl sites for hydroxylation is 1. The first kappa shape index (κ1) is 19.0. The molecule has 1 aromatic heterocycles. The van der Waals surface area contributed by atoms with Gasteiger partial charge in [-0.25, -0.2) is 26.2 Å². The minimum absolute atomic E-state index is 0.00739. The van der Waals surface area contributed by atoms with Gasteiger partial charge < -0.3 is 4.57 Å². The van der Waals surface area contributed by atoms with Crippen molar-refractivity contribution >= 4 is 20.0 Å². The van der Waals surface area contributed by atoms with E-state index in [9.17, 15) is 21.2 Å². The largest absolute Gasteiger partial charge is 0.339 e. The van der Waals surface area contributed by atoms with Crippen LogP contribution in [0.2, 0.25) is 0 Å². The van der Waals surface area contributed by atoms with Gasteiger partial charge in [-0.05, 0) is 24.6 Å². The predicted octanol–water partition coefficient (Wildman–Crippen LogP) is 0.645. The van der Waals surface area contributed by atoms with E-state index in [1.165, 1.54) is 43.9 Å². The fraction of sp³-hybridized carbons (Fsp3) is 0.400. The smallest absolute Gasteiger partial charge is 0.262 e. The minimum atomic E-state index is -3.89. The molecule has 26 heavy (non-hydrogen) atoms. The van der Waals surface area contributed by atoms with Gasteiger partial charge in [-0.15, -0.1) is 0 Å². The van der Waals surface area contributed by atoms with Crippen LogP contribution in [0.4, 0.5) is 4.39 Å². The molecule has 2 aromatic rings. The van der Waals surface area contributed by atoms with Crippen LogP contribution in [0.5, 0.6) is 0 Å². The summed E-state index contributed by atoms with van der Waals surface area (Å²) < 4.78 is 68.0. The van der Waals surface area contributed by atoms with Crippen molar-refractivity contribution in [2.24, 2.45) is 7.05 Å². The Balaban J connectivity index is 1.80. The Hall–Kier alpha value is -1.82. The van der Waals surface area contributed by atoms with E-state index in [0.717, 1.165) is 6.07 Å². The van der Waals surface area contributed by atoms with Crippen molar-refractivity contribution in [1.82, 2.24) is 18.2 Å². The highest BCUT2D eigenvalue weighted by atomic mass is 32.2. The third-order valence-corrected chi connectivity index (χ3v) is 7.81. The van der Waals surface area contributed by atoms with Crippen LogP contribution in [-0.2, 0) is 27.1 Å². The molecule has 0 radical (unpaired) electrons. The van der Waals surface area contributed by atoms with Gasteiger partial charge in [0.25, 0.3) is 10.0 Å². The van der Waals surface area contributed by atoms with Crippen molar-refractivity contribution in [3.8, 4) is 0 Å². The Kier molecular flexibility index (Phi) is 5.15. The molecule has 2 heterocycles. The van der Waals surface area contributed by atoms with Crippen LogP contribution in [0, 0.1) is 5.82 Å². The molecule has 142 valence electrons. The normalized spacial score (nSPS) is 17.9. The Labute approximate surface area is 152 Å². The summed E-state index contributed by atoms with van der Waals surface area (Å²) in [5.74, 6) is -0.639. The summed E-state index contributed by atoms with van der Waals surface area (Å²) in [7, 11) is -6.00. The standard InChI is InChI=1S/C15H19FN4O4S2/c1-18-11-15(17-12-18)26(23,24)20-7-3-6-19(8-9-20)25(21,22)14-5-2-4-13(16)10-14/h2,4-5,10-12H,3,6-9H2,1H3. The quantitative estimate of drug-likeness (QED) is 0.749. The number of rotatable bonds is 4. The van der Waals surface area contributed by atoms with Gasteiger partial charge in [0.15, 0.2) is 5.03 Å². The molecule has 0 N–H and O–H groups in total. The Bertz CT molecular complexity index is 1000. The molecular formula is C15H19FN4O4S2. The zero-order chi connectivity index (χ0) is 18.9. The maximum atomic E-state index is 13.4. The molecule has 8 nitrogen and oxygen atoms in total. The summed E-state index contributed by atoms with van der Waals surface area (Å²) in [6.45, 7) is 0.347. The van der Waals surface area contributed by atoms with E-state index < -0.39 is 25.9 Å². The zero-order valence-electron chi connectivity index (χ0n) is 14.1. The number of halogens is 1. The first-order valence-electron chi connectivity index (χ1n) is 7.95. The fourth-order valence-electron chi connectivity index (χ4n) is 2.78. The third-order valence-electron chi connectivity index (χ3n) is 4.13. The van der Waals surface area contributed by atoms with Crippen LogP contribution < -0.4 is 0 Å². The van der Waals surface area contributed by atoms with E-state index >= 15 is 0 Å². The lowest BCUT2D eigenvalue weighted by Gasteiger charge is -2.21. The van der Waals surface area contributed by atoms with Crippen molar-refractivity contribution < 1.29 is 21.2 Å². The van der Waals surface area contributed by atoms with Gasteiger partial charge in [0.1, 0.15) is 5.82 Å². The highest BCUT2D eigenvalue weighted by molar-refractivity contribution is 7.89. The number of hydrogen-bond acceptors (Lipinski definition) is 5. The molecule has 0 amide bonds. The van der Waals surface area contributed by atoms with Crippen LogP contribution in [-0.4, -0.2) is 61.2 Å². The predicted molar refractivity (Wildman–Crippen MR) is 91.7 cm³/mol. The monoisotopic (exact) mass is 402 g/mol. The van der Waals surface area contributed by atoms with Crippen molar-refractivity contribution in [1.29, 1.82) is 0 Å². The lowest BCUT2D eigenvalue weighted by Crippen LogP contribution is -2.37. The van der Waals surface area contributed by atoms with Gasteiger partial charge in [-0.3, -0.25) is 0 Å². The molecule has 3 rings (SSSR count). The number of sulfonamides is 2. The summed E-state index contributed by atoms with van der Waals surface area (Å²) in [6.07, 6.45) is 3.13.